The molecule has 0 saturated heterocycles. The van der Waals surface area contributed by atoms with E-state index in [2.05, 4.69) is 20.5 Å². The highest BCUT2D eigenvalue weighted by molar-refractivity contribution is 6.31. The quantitative estimate of drug-likeness (QED) is 0.731. The first-order chi connectivity index (χ1) is 12.0. The van der Waals surface area contributed by atoms with E-state index in [9.17, 15) is 9.18 Å². The summed E-state index contributed by atoms with van der Waals surface area (Å²) >= 11 is 5.92. The summed E-state index contributed by atoms with van der Waals surface area (Å²) < 4.78 is 16.1. The Morgan fingerprint density at radius 2 is 2.08 bits per heavy atom. The van der Waals surface area contributed by atoms with E-state index in [4.69, 9.17) is 11.6 Å². The van der Waals surface area contributed by atoms with E-state index in [1.54, 1.807) is 27.7 Å². The fourth-order valence-electron chi connectivity index (χ4n) is 2.25. The van der Waals surface area contributed by atoms with Crippen LogP contribution >= 0.6 is 11.6 Å². The van der Waals surface area contributed by atoms with Crippen molar-refractivity contribution in [3.05, 3.63) is 58.9 Å². The zero-order chi connectivity index (χ0) is 17.8. The molecule has 1 N–H and O–H groups in total. The SMILES string of the molecule is Cc1c(Cl)cnn1CCC(=O)Nc1ncn(Cc2ccc(F)cc2)n1. The van der Waals surface area contributed by atoms with Crippen molar-refractivity contribution < 1.29 is 9.18 Å². The summed E-state index contributed by atoms with van der Waals surface area (Å²) in [5, 5.41) is 11.5. The Labute approximate surface area is 148 Å². The second-order valence-corrected chi connectivity index (χ2v) is 5.90. The molecule has 0 radical (unpaired) electrons. The Hall–Kier alpha value is -2.74. The second kappa shape index (κ2) is 7.43. The first-order valence-electron chi connectivity index (χ1n) is 7.63. The molecule has 0 aliphatic carbocycles. The number of nitrogens with zero attached hydrogens (tertiary/aromatic N) is 5. The van der Waals surface area contributed by atoms with Gasteiger partial charge in [-0.05, 0) is 24.6 Å². The molecule has 1 aromatic carbocycles. The van der Waals surface area contributed by atoms with Crippen LogP contribution in [0.1, 0.15) is 17.7 Å². The highest BCUT2D eigenvalue weighted by Crippen LogP contribution is 2.13. The van der Waals surface area contributed by atoms with Gasteiger partial charge in [0, 0.05) is 6.42 Å². The topological polar surface area (TPSA) is 77.6 Å². The lowest BCUT2D eigenvalue weighted by Gasteiger charge is -2.04. The number of hydrogen-bond donors (Lipinski definition) is 1. The van der Waals surface area contributed by atoms with Crippen LogP contribution in [0.3, 0.4) is 0 Å². The third kappa shape index (κ3) is 4.42. The lowest BCUT2D eigenvalue weighted by Crippen LogP contribution is -2.16. The molecule has 7 nitrogen and oxygen atoms in total. The number of nitrogens with one attached hydrogen (secondary N) is 1. The normalized spacial score (nSPS) is 10.8. The number of halogens is 2. The van der Waals surface area contributed by atoms with E-state index < -0.39 is 0 Å². The Bertz CT molecular complexity index is 873. The number of amides is 1. The summed E-state index contributed by atoms with van der Waals surface area (Å²) in [6.07, 6.45) is 3.29. The summed E-state index contributed by atoms with van der Waals surface area (Å²) in [5.41, 5.74) is 1.70. The summed E-state index contributed by atoms with van der Waals surface area (Å²) in [6.45, 7) is 2.70. The van der Waals surface area contributed by atoms with Crippen molar-refractivity contribution in [2.75, 3.05) is 5.32 Å². The molecule has 0 aliphatic heterocycles. The molecule has 0 bridgehead atoms. The molecule has 25 heavy (non-hydrogen) atoms. The fourth-order valence-corrected chi connectivity index (χ4v) is 2.39. The average Bonchev–Trinajstić information content (AvgIpc) is 3.15. The molecule has 0 unspecified atom stereocenters. The molecule has 2 aromatic heterocycles. The van der Waals surface area contributed by atoms with Gasteiger partial charge in [0.2, 0.25) is 11.9 Å². The zero-order valence-electron chi connectivity index (χ0n) is 13.5. The molecule has 3 rings (SSSR count). The third-order valence-electron chi connectivity index (χ3n) is 3.64. The Balaban J connectivity index is 1.53. The predicted molar refractivity (Wildman–Crippen MR) is 90.7 cm³/mol. The van der Waals surface area contributed by atoms with Crippen molar-refractivity contribution in [2.24, 2.45) is 0 Å². The summed E-state index contributed by atoms with van der Waals surface area (Å²) in [4.78, 5) is 16.0. The van der Waals surface area contributed by atoms with Gasteiger partial charge < -0.3 is 0 Å². The van der Waals surface area contributed by atoms with E-state index in [1.807, 2.05) is 6.92 Å². The van der Waals surface area contributed by atoms with Crippen LogP contribution in [0.25, 0.3) is 0 Å². The van der Waals surface area contributed by atoms with Gasteiger partial charge in [-0.2, -0.15) is 5.10 Å². The van der Waals surface area contributed by atoms with Crippen molar-refractivity contribution in [2.45, 2.75) is 26.4 Å². The maximum absolute atomic E-state index is 12.9. The first-order valence-corrected chi connectivity index (χ1v) is 8.01. The van der Waals surface area contributed by atoms with Gasteiger partial charge in [-0.15, -0.1) is 5.10 Å². The molecule has 0 fully saturated rings. The second-order valence-electron chi connectivity index (χ2n) is 5.49. The van der Waals surface area contributed by atoms with E-state index in [0.717, 1.165) is 11.3 Å². The largest absolute Gasteiger partial charge is 0.293 e. The molecular formula is C16H16ClFN6O. The van der Waals surface area contributed by atoms with Crippen molar-refractivity contribution in [3.8, 4) is 0 Å². The van der Waals surface area contributed by atoms with Gasteiger partial charge in [-0.3, -0.25) is 14.8 Å². The highest BCUT2D eigenvalue weighted by atomic mass is 35.5. The summed E-state index contributed by atoms with van der Waals surface area (Å²) in [5.74, 6) is -0.281. The van der Waals surface area contributed by atoms with Crippen molar-refractivity contribution in [1.82, 2.24) is 24.5 Å². The van der Waals surface area contributed by atoms with Crippen LogP contribution in [0.4, 0.5) is 10.3 Å². The Morgan fingerprint density at radius 3 is 2.76 bits per heavy atom. The van der Waals surface area contributed by atoms with E-state index >= 15 is 0 Å². The molecule has 0 saturated carbocycles. The van der Waals surface area contributed by atoms with Crippen LogP contribution in [0.15, 0.2) is 36.8 Å². The van der Waals surface area contributed by atoms with Gasteiger partial charge in [0.25, 0.3) is 0 Å². The van der Waals surface area contributed by atoms with Gasteiger partial charge in [-0.1, -0.05) is 23.7 Å². The lowest BCUT2D eigenvalue weighted by molar-refractivity contribution is -0.116. The molecular weight excluding hydrogens is 347 g/mol. The number of rotatable bonds is 6. The molecule has 3 aromatic rings. The number of benzene rings is 1. The molecule has 9 heteroatoms. The first kappa shape index (κ1) is 17.1. The molecule has 1 amide bonds. The highest BCUT2D eigenvalue weighted by Gasteiger charge is 2.09. The number of carbonyl (C=O) groups excluding carboxylic acids is 1. The smallest absolute Gasteiger partial charge is 0.248 e. The van der Waals surface area contributed by atoms with E-state index in [-0.39, 0.29) is 24.1 Å². The Kier molecular flexibility index (Phi) is 5.08. The maximum Gasteiger partial charge on any atom is 0.248 e. The van der Waals surface area contributed by atoms with Gasteiger partial charge in [0.05, 0.1) is 30.0 Å². The van der Waals surface area contributed by atoms with Crippen LogP contribution < -0.4 is 5.32 Å². The minimum absolute atomic E-state index is 0.217. The van der Waals surface area contributed by atoms with Crippen molar-refractivity contribution in [3.63, 3.8) is 0 Å². The molecule has 0 aliphatic rings. The van der Waals surface area contributed by atoms with Crippen LogP contribution in [-0.2, 0) is 17.9 Å². The minimum atomic E-state index is -0.288. The van der Waals surface area contributed by atoms with Crippen molar-refractivity contribution >= 4 is 23.5 Å². The van der Waals surface area contributed by atoms with Crippen molar-refractivity contribution in [1.29, 1.82) is 0 Å². The number of aromatic nitrogens is 5. The molecule has 2 heterocycles. The summed E-state index contributed by atoms with van der Waals surface area (Å²) in [7, 11) is 0. The average molecular weight is 363 g/mol. The zero-order valence-corrected chi connectivity index (χ0v) is 14.2. The standard InChI is InChI=1S/C16H16ClFN6O/c1-11-14(17)8-20-24(11)7-6-15(25)21-16-19-10-23(22-16)9-12-2-4-13(18)5-3-12/h2-5,8,10H,6-7,9H2,1H3,(H,21,22,25). The van der Waals surface area contributed by atoms with E-state index in [1.165, 1.54) is 18.5 Å². The van der Waals surface area contributed by atoms with Crippen LogP contribution in [0.5, 0.6) is 0 Å². The maximum atomic E-state index is 12.9. The van der Waals surface area contributed by atoms with Gasteiger partial charge in [0.1, 0.15) is 12.1 Å². The predicted octanol–water partition coefficient (Wildman–Crippen LogP) is 2.65. The number of aryl methyl sites for hydroxylation is 1. The molecule has 130 valence electrons. The number of carbonyl (C=O) groups is 1. The number of hydrogen-bond acceptors (Lipinski definition) is 4. The number of anilines is 1. The lowest BCUT2D eigenvalue weighted by atomic mass is 10.2. The van der Waals surface area contributed by atoms with Crippen LogP contribution in [0, 0.1) is 12.7 Å². The van der Waals surface area contributed by atoms with Crippen LogP contribution in [-0.4, -0.2) is 30.5 Å². The van der Waals surface area contributed by atoms with Gasteiger partial charge in [-0.25, -0.2) is 14.1 Å². The summed E-state index contributed by atoms with van der Waals surface area (Å²) in [6, 6.07) is 6.12. The minimum Gasteiger partial charge on any atom is -0.293 e. The molecule has 0 spiro atoms. The van der Waals surface area contributed by atoms with Gasteiger partial charge >= 0.3 is 0 Å². The van der Waals surface area contributed by atoms with Gasteiger partial charge in [0.15, 0.2) is 0 Å². The Morgan fingerprint density at radius 1 is 1.32 bits per heavy atom. The van der Waals surface area contributed by atoms with Crippen LogP contribution in [0.2, 0.25) is 5.02 Å². The third-order valence-corrected chi connectivity index (χ3v) is 4.01. The van der Waals surface area contributed by atoms with E-state index in [0.29, 0.717) is 18.1 Å². The fraction of sp³-hybridized carbons (Fsp3) is 0.250. The monoisotopic (exact) mass is 362 g/mol. The molecule has 0 atom stereocenters.